The number of hydrogen-bond donors (Lipinski definition) is 1. The zero-order valence-corrected chi connectivity index (χ0v) is 15.8. The van der Waals surface area contributed by atoms with E-state index in [-0.39, 0.29) is 6.04 Å². The van der Waals surface area contributed by atoms with Gasteiger partial charge in [-0.15, -0.1) is 6.42 Å². The summed E-state index contributed by atoms with van der Waals surface area (Å²) >= 11 is 18.8. The van der Waals surface area contributed by atoms with Crippen molar-refractivity contribution in [1.29, 1.82) is 0 Å². The Morgan fingerprint density at radius 3 is 2.73 bits per heavy atom. The van der Waals surface area contributed by atoms with E-state index in [2.05, 4.69) is 10.5 Å². The van der Waals surface area contributed by atoms with Crippen molar-refractivity contribution in [3.8, 4) is 12.3 Å². The minimum absolute atomic E-state index is 0.359. The second-order valence-corrected chi connectivity index (χ2v) is 7.36. The van der Waals surface area contributed by atoms with Gasteiger partial charge in [0.05, 0.1) is 27.3 Å². The molecule has 0 bridgehead atoms. The third-order valence-electron chi connectivity index (χ3n) is 4.61. The number of hydrogen-bond acceptors (Lipinski definition) is 3. The van der Waals surface area contributed by atoms with E-state index in [0.717, 1.165) is 5.52 Å². The van der Waals surface area contributed by atoms with Crippen LogP contribution in [0.1, 0.15) is 6.42 Å². The van der Waals surface area contributed by atoms with E-state index in [0.29, 0.717) is 45.2 Å². The lowest BCUT2D eigenvalue weighted by atomic mass is 10.0. The normalized spacial score (nSPS) is 17.8. The number of para-hydroxylation sites is 1. The van der Waals surface area contributed by atoms with Crippen molar-refractivity contribution >= 4 is 57.5 Å². The first-order valence-corrected chi connectivity index (χ1v) is 9.18. The van der Waals surface area contributed by atoms with Crippen LogP contribution >= 0.6 is 34.8 Å². The second kappa shape index (κ2) is 6.68. The zero-order chi connectivity index (χ0) is 18.4. The van der Waals surface area contributed by atoms with Gasteiger partial charge in [-0.3, -0.25) is 0 Å². The van der Waals surface area contributed by atoms with Crippen LogP contribution < -0.4 is 4.90 Å². The Labute approximate surface area is 165 Å². The molecule has 3 aromatic rings. The predicted molar refractivity (Wildman–Crippen MR) is 107 cm³/mol. The molecule has 4 nitrogen and oxygen atoms in total. The maximum Gasteiger partial charge on any atom is 0.211 e. The van der Waals surface area contributed by atoms with Crippen molar-refractivity contribution in [1.82, 2.24) is 9.55 Å². The number of anilines is 2. The molecule has 2 heterocycles. The second-order valence-electron chi connectivity index (χ2n) is 6.10. The van der Waals surface area contributed by atoms with E-state index in [1.165, 1.54) is 0 Å². The number of halogens is 3. The summed E-state index contributed by atoms with van der Waals surface area (Å²) in [7, 11) is 0. The van der Waals surface area contributed by atoms with Gasteiger partial charge >= 0.3 is 0 Å². The average molecular weight is 407 g/mol. The van der Waals surface area contributed by atoms with Crippen LogP contribution in [0, 0.1) is 12.3 Å². The third-order valence-corrected chi connectivity index (χ3v) is 5.45. The smallest absolute Gasteiger partial charge is 0.211 e. The Kier molecular flexibility index (Phi) is 4.50. The maximum absolute atomic E-state index is 10.4. The Hall–Kier alpha value is -1.90. The minimum Gasteiger partial charge on any atom is -0.378 e. The highest BCUT2D eigenvalue weighted by molar-refractivity contribution is 6.36. The van der Waals surface area contributed by atoms with E-state index in [1.807, 2.05) is 17.0 Å². The molecule has 7 heteroatoms. The lowest BCUT2D eigenvalue weighted by Gasteiger charge is -2.38. The summed E-state index contributed by atoms with van der Waals surface area (Å²) < 4.78 is 2.06. The van der Waals surface area contributed by atoms with Crippen LogP contribution in [0.5, 0.6) is 0 Å². The Morgan fingerprint density at radius 2 is 2.00 bits per heavy atom. The molecule has 0 fully saturated rings. The molecule has 1 aliphatic rings. The standard InChI is InChI=1S/C19H14Cl3N3O/c1-2-17(26)15-8-9-24-16-5-3-4-12(21)18(16)23-19(24)25(15)14-7-6-11(20)10-13(14)22/h1,3-7,10,15,17,26H,8-9H2. The average Bonchev–Trinajstić information content (AvgIpc) is 3.01. The quantitative estimate of drug-likeness (QED) is 0.615. The van der Waals surface area contributed by atoms with Crippen molar-refractivity contribution in [2.24, 2.45) is 0 Å². The Morgan fingerprint density at radius 1 is 1.19 bits per heavy atom. The molecule has 1 aromatic heterocycles. The van der Waals surface area contributed by atoms with E-state index in [1.54, 1.807) is 24.3 Å². The topological polar surface area (TPSA) is 41.3 Å². The van der Waals surface area contributed by atoms with Crippen LogP contribution in [0.2, 0.25) is 15.1 Å². The summed E-state index contributed by atoms with van der Waals surface area (Å²) in [6, 6.07) is 10.5. The molecular formula is C19H14Cl3N3O. The molecule has 0 spiro atoms. The predicted octanol–water partition coefficient (Wildman–Crippen LogP) is 4.90. The molecule has 2 unspecified atom stereocenters. The van der Waals surface area contributed by atoms with Gasteiger partial charge in [0.25, 0.3) is 0 Å². The first kappa shape index (κ1) is 17.5. The summed E-state index contributed by atoms with van der Waals surface area (Å²) in [5.74, 6) is 3.06. The number of aryl methyl sites for hydroxylation is 1. The molecule has 0 saturated carbocycles. The molecule has 0 saturated heterocycles. The molecule has 26 heavy (non-hydrogen) atoms. The largest absolute Gasteiger partial charge is 0.378 e. The van der Waals surface area contributed by atoms with Gasteiger partial charge in [0.2, 0.25) is 5.95 Å². The molecule has 0 radical (unpaired) electrons. The maximum atomic E-state index is 10.4. The van der Waals surface area contributed by atoms with E-state index in [4.69, 9.17) is 46.2 Å². The number of aromatic nitrogens is 2. The van der Waals surface area contributed by atoms with Gasteiger partial charge in [-0.1, -0.05) is 46.8 Å². The van der Waals surface area contributed by atoms with Crippen LogP contribution in [-0.4, -0.2) is 26.8 Å². The van der Waals surface area contributed by atoms with E-state index in [9.17, 15) is 5.11 Å². The number of aliphatic hydroxyl groups excluding tert-OH is 1. The monoisotopic (exact) mass is 405 g/mol. The number of nitrogens with zero attached hydrogens (tertiary/aromatic N) is 3. The number of rotatable bonds is 2. The summed E-state index contributed by atoms with van der Waals surface area (Å²) in [6.07, 6.45) is 5.16. The number of benzene rings is 2. The first-order chi connectivity index (χ1) is 12.5. The summed E-state index contributed by atoms with van der Waals surface area (Å²) in [5, 5.41) is 12.0. The first-order valence-electron chi connectivity index (χ1n) is 8.04. The molecule has 0 amide bonds. The molecule has 4 rings (SSSR count). The van der Waals surface area contributed by atoms with Gasteiger partial charge in [0.1, 0.15) is 11.6 Å². The minimum atomic E-state index is -0.967. The van der Waals surface area contributed by atoms with Crippen LogP contribution in [0.15, 0.2) is 36.4 Å². The van der Waals surface area contributed by atoms with Crippen molar-refractivity contribution in [2.75, 3.05) is 4.90 Å². The van der Waals surface area contributed by atoms with Crippen LogP contribution in [-0.2, 0) is 6.54 Å². The van der Waals surface area contributed by atoms with Gasteiger partial charge in [-0.05, 0) is 36.8 Å². The highest BCUT2D eigenvalue weighted by atomic mass is 35.5. The number of fused-ring (bicyclic) bond motifs is 3. The fourth-order valence-corrected chi connectivity index (χ4v) is 4.13. The summed E-state index contributed by atoms with van der Waals surface area (Å²) in [6.45, 7) is 0.664. The van der Waals surface area contributed by atoms with Crippen LogP contribution in [0.25, 0.3) is 11.0 Å². The molecule has 2 aromatic carbocycles. The molecule has 0 aliphatic carbocycles. The lowest BCUT2D eigenvalue weighted by molar-refractivity contribution is 0.186. The van der Waals surface area contributed by atoms with Crippen molar-refractivity contribution in [3.63, 3.8) is 0 Å². The zero-order valence-electron chi connectivity index (χ0n) is 13.5. The highest BCUT2D eigenvalue weighted by Crippen LogP contribution is 2.41. The molecule has 2 atom stereocenters. The van der Waals surface area contributed by atoms with Crippen molar-refractivity contribution in [2.45, 2.75) is 25.1 Å². The third kappa shape index (κ3) is 2.72. The van der Waals surface area contributed by atoms with Crippen LogP contribution in [0.3, 0.4) is 0 Å². The van der Waals surface area contributed by atoms with Crippen molar-refractivity contribution < 1.29 is 5.11 Å². The number of terminal acetylenes is 1. The van der Waals surface area contributed by atoms with Gasteiger partial charge in [-0.25, -0.2) is 4.98 Å². The number of aliphatic hydroxyl groups is 1. The van der Waals surface area contributed by atoms with Crippen LogP contribution in [0.4, 0.5) is 11.6 Å². The lowest BCUT2D eigenvalue weighted by Crippen LogP contribution is -2.45. The van der Waals surface area contributed by atoms with Gasteiger partial charge in [0, 0.05) is 11.6 Å². The Balaban J connectivity index is 1.97. The van der Waals surface area contributed by atoms with E-state index >= 15 is 0 Å². The number of imidazole rings is 1. The molecule has 132 valence electrons. The fourth-order valence-electron chi connectivity index (χ4n) is 3.42. The fraction of sp³-hybridized carbons (Fsp3) is 0.211. The Bertz CT molecular complexity index is 1040. The van der Waals surface area contributed by atoms with Gasteiger partial charge < -0.3 is 14.6 Å². The van der Waals surface area contributed by atoms with E-state index < -0.39 is 6.10 Å². The SMILES string of the molecule is C#CC(O)C1CCn2c(nc3c(Cl)cccc32)N1c1ccc(Cl)cc1Cl. The summed E-state index contributed by atoms with van der Waals surface area (Å²) in [5.41, 5.74) is 2.31. The van der Waals surface area contributed by atoms with Crippen molar-refractivity contribution in [3.05, 3.63) is 51.5 Å². The molecule has 1 aliphatic heterocycles. The summed E-state index contributed by atoms with van der Waals surface area (Å²) in [4.78, 5) is 6.60. The highest BCUT2D eigenvalue weighted by Gasteiger charge is 2.35. The van der Waals surface area contributed by atoms with Gasteiger partial charge in [-0.2, -0.15) is 0 Å². The molecule has 1 N–H and O–H groups in total. The molecular weight excluding hydrogens is 393 g/mol. The van der Waals surface area contributed by atoms with Gasteiger partial charge in [0.15, 0.2) is 0 Å².